The number of likely N-dealkylation sites (tertiary alicyclic amines) is 1. The van der Waals surface area contributed by atoms with Gasteiger partial charge in [-0.25, -0.2) is 4.98 Å². The first-order valence-corrected chi connectivity index (χ1v) is 9.66. The highest BCUT2D eigenvalue weighted by Crippen LogP contribution is 2.27. The minimum atomic E-state index is 0.0140. The van der Waals surface area contributed by atoms with Crippen LogP contribution in [0, 0.1) is 6.92 Å². The van der Waals surface area contributed by atoms with Crippen molar-refractivity contribution in [1.29, 1.82) is 0 Å². The number of aryl methyl sites for hydroxylation is 1. The number of aromatic nitrogens is 6. The first-order chi connectivity index (χ1) is 13.5. The standard InChI is InChI=1S/C19H26N8O/c1-14-12-18(28)26(13-20-14)11-10-25-8-6-15(7-9-25)19-22-21-16-4-5-17(24(2)3)23-27(16)19/h4-5,12-13,15H,6-11H2,1-3H3. The maximum atomic E-state index is 12.0. The Morgan fingerprint density at radius 1 is 1.14 bits per heavy atom. The van der Waals surface area contributed by atoms with Crippen molar-refractivity contribution in [3.05, 3.63) is 46.4 Å². The van der Waals surface area contributed by atoms with Gasteiger partial charge in [-0.1, -0.05) is 0 Å². The topological polar surface area (TPSA) is 84.5 Å². The lowest BCUT2D eigenvalue weighted by molar-refractivity contribution is 0.200. The molecule has 4 heterocycles. The molecule has 0 saturated carbocycles. The number of piperidine rings is 1. The van der Waals surface area contributed by atoms with E-state index < -0.39 is 0 Å². The summed E-state index contributed by atoms with van der Waals surface area (Å²) in [5.74, 6) is 2.18. The summed E-state index contributed by atoms with van der Waals surface area (Å²) in [6.07, 6.45) is 3.66. The van der Waals surface area contributed by atoms with Crippen molar-refractivity contribution in [2.45, 2.75) is 32.2 Å². The molecular formula is C19H26N8O. The molecule has 1 fully saturated rings. The summed E-state index contributed by atoms with van der Waals surface area (Å²) in [5.41, 5.74) is 1.56. The molecule has 4 rings (SSSR count). The molecule has 0 aromatic carbocycles. The predicted molar refractivity (Wildman–Crippen MR) is 107 cm³/mol. The van der Waals surface area contributed by atoms with Gasteiger partial charge in [0, 0.05) is 44.9 Å². The van der Waals surface area contributed by atoms with Crippen LogP contribution in [0.4, 0.5) is 5.82 Å². The zero-order valence-electron chi connectivity index (χ0n) is 16.6. The van der Waals surface area contributed by atoms with Crippen molar-refractivity contribution in [2.75, 3.05) is 38.6 Å². The van der Waals surface area contributed by atoms with E-state index in [2.05, 4.69) is 25.2 Å². The van der Waals surface area contributed by atoms with E-state index in [9.17, 15) is 4.79 Å². The first kappa shape index (κ1) is 18.5. The van der Waals surface area contributed by atoms with Crippen LogP contribution in [0.5, 0.6) is 0 Å². The second-order valence-electron chi connectivity index (χ2n) is 7.59. The van der Waals surface area contributed by atoms with Gasteiger partial charge in [0.15, 0.2) is 11.5 Å². The third-order valence-electron chi connectivity index (χ3n) is 5.36. The van der Waals surface area contributed by atoms with Crippen LogP contribution in [0.15, 0.2) is 29.3 Å². The molecule has 0 aliphatic carbocycles. The largest absolute Gasteiger partial charge is 0.361 e. The summed E-state index contributed by atoms with van der Waals surface area (Å²) in [7, 11) is 3.96. The lowest BCUT2D eigenvalue weighted by atomic mass is 9.96. The lowest BCUT2D eigenvalue weighted by Crippen LogP contribution is -2.37. The van der Waals surface area contributed by atoms with Crippen LogP contribution in [0.1, 0.15) is 30.3 Å². The Labute approximate surface area is 163 Å². The number of nitrogens with zero attached hydrogens (tertiary/aromatic N) is 8. The lowest BCUT2D eigenvalue weighted by Gasteiger charge is -2.31. The maximum absolute atomic E-state index is 12.0. The summed E-state index contributed by atoms with van der Waals surface area (Å²) in [6.45, 7) is 5.29. The van der Waals surface area contributed by atoms with Gasteiger partial charge < -0.3 is 9.80 Å². The van der Waals surface area contributed by atoms with Crippen LogP contribution in [0.2, 0.25) is 0 Å². The molecular weight excluding hydrogens is 356 g/mol. The zero-order chi connectivity index (χ0) is 19.7. The smallest absolute Gasteiger partial charge is 0.253 e. The van der Waals surface area contributed by atoms with Crippen molar-refractivity contribution in [3.8, 4) is 0 Å². The van der Waals surface area contributed by atoms with E-state index in [1.807, 2.05) is 42.6 Å². The van der Waals surface area contributed by atoms with Gasteiger partial charge in [0.25, 0.3) is 5.56 Å². The molecule has 0 unspecified atom stereocenters. The average Bonchev–Trinajstić information content (AvgIpc) is 3.11. The maximum Gasteiger partial charge on any atom is 0.253 e. The molecule has 3 aromatic heterocycles. The van der Waals surface area contributed by atoms with Crippen LogP contribution in [-0.2, 0) is 6.54 Å². The molecule has 1 aliphatic rings. The van der Waals surface area contributed by atoms with E-state index in [0.29, 0.717) is 12.5 Å². The highest BCUT2D eigenvalue weighted by Gasteiger charge is 2.25. The van der Waals surface area contributed by atoms with Gasteiger partial charge in [-0.15, -0.1) is 15.3 Å². The van der Waals surface area contributed by atoms with Crippen LogP contribution in [-0.4, -0.2) is 68.0 Å². The van der Waals surface area contributed by atoms with Crippen LogP contribution in [0.3, 0.4) is 0 Å². The van der Waals surface area contributed by atoms with E-state index in [-0.39, 0.29) is 5.56 Å². The van der Waals surface area contributed by atoms with Crippen LogP contribution >= 0.6 is 0 Å². The van der Waals surface area contributed by atoms with Gasteiger partial charge >= 0.3 is 0 Å². The van der Waals surface area contributed by atoms with Crippen molar-refractivity contribution >= 4 is 11.5 Å². The molecule has 0 spiro atoms. The second-order valence-corrected chi connectivity index (χ2v) is 7.59. The summed E-state index contributed by atoms with van der Waals surface area (Å²) in [6, 6.07) is 5.50. The van der Waals surface area contributed by atoms with Crippen molar-refractivity contribution in [3.63, 3.8) is 0 Å². The highest BCUT2D eigenvalue weighted by atomic mass is 16.1. The molecule has 9 nitrogen and oxygen atoms in total. The molecule has 9 heteroatoms. The first-order valence-electron chi connectivity index (χ1n) is 9.66. The summed E-state index contributed by atoms with van der Waals surface area (Å²) >= 11 is 0. The molecule has 0 radical (unpaired) electrons. The number of rotatable bonds is 5. The quantitative estimate of drug-likeness (QED) is 0.649. The Morgan fingerprint density at radius 2 is 1.93 bits per heavy atom. The van der Waals surface area contributed by atoms with Gasteiger partial charge in [0.05, 0.1) is 6.33 Å². The summed E-state index contributed by atoms with van der Waals surface area (Å²) < 4.78 is 3.56. The number of hydrogen-bond acceptors (Lipinski definition) is 7. The van der Waals surface area contributed by atoms with Crippen LogP contribution < -0.4 is 10.5 Å². The molecule has 1 saturated heterocycles. The third-order valence-corrected chi connectivity index (χ3v) is 5.36. The molecule has 148 valence electrons. The average molecular weight is 382 g/mol. The Kier molecular flexibility index (Phi) is 5.08. The second kappa shape index (κ2) is 7.67. The van der Waals surface area contributed by atoms with E-state index in [4.69, 9.17) is 0 Å². The van der Waals surface area contributed by atoms with Crippen molar-refractivity contribution in [2.24, 2.45) is 0 Å². The predicted octanol–water partition coefficient (Wildman–Crippen LogP) is 0.935. The zero-order valence-corrected chi connectivity index (χ0v) is 16.6. The van der Waals surface area contributed by atoms with Gasteiger partial charge in [-0.3, -0.25) is 9.36 Å². The Hall–Kier alpha value is -2.81. The molecule has 0 bridgehead atoms. The number of fused-ring (bicyclic) bond motifs is 1. The molecule has 3 aromatic rings. The molecule has 28 heavy (non-hydrogen) atoms. The molecule has 1 aliphatic heterocycles. The van der Waals surface area contributed by atoms with E-state index >= 15 is 0 Å². The normalized spacial score (nSPS) is 16.0. The third kappa shape index (κ3) is 3.75. The fourth-order valence-electron chi connectivity index (χ4n) is 3.64. The monoisotopic (exact) mass is 382 g/mol. The Balaban J connectivity index is 1.39. The Morgan fingerprint density at radius 3 is 2.64 bits per heavy atom. The van der Waals surface area contributed by atoms with Crippen LogP contribution in [0.25, 0.3) is 5.65 Å². The fourth-order valence-corrected chi connectivity index (χ4v) is 3.64. The fraction of sp³-hybridized carbons (Fsp3) is 0.526. The van der Waals surface area contributed by atoms with Crippen molar-refractivity contribution in [1.82, 2.24) is 34.3 Å². The molecule has 0 atom stereocenters. The number of anilines is 1. The SMILES string of the molecule is Cc1cc(=O)n(CCN2CCC(c3nnc4ccc(N(C)C)nn34)CC2)cn1. The van der Waals surface area contributed by atoms with E-state index in [1.54, 1.807) is 17.0 Å². The summed E-state index contributed by atoms with van der Waals surface area (Å²) in [5, 5.41) is 13.4. The summed E-state index contributed by atoms with van der Waals surface area (Å²) in [4.78, 5) is 20.6. The molecule has 0 amide bonds. The number of hydrogen-bond donors (Lipinski definition) is 0. The van der Waals surface area contributed by atoms with Crippen molar-refractivity contribution < 1.29 is 0 Å². The minimum absolute atomic E-state index is 0.0140. The Bertz CT molecular complexity index is 1020. The van der Waals surface area contributed by atoms with Gasteiger partial charge in [-0.2, -0.15) is 4.52 Å². The highest BCUT2D eigenvalue weighted by molar-refractivity contribution is 5.45. The van der Waals surface area contributed by atoms with Gasteiger partial charge in [-0.05, 0) is 45.0 Å². The minimum Gasteiger partial charge on any atom is -0.361 e. The van der Waals surface area contributed by atoms with E-state index in [1.165, 1.54) is 0 Å². The van der Waals surface area contributed by atoms with Gasteiger partial charge in [0.2, 0.25) is 0 Å². The molecule has 0 N–H and O–H groups in total. The van der Waals surface area contributed by atoms with E-state index in [0.717, 1.165) is 55.5 Å². The van der Waals surface area contributed by atoms with Gasteiger partial charge in [0.1, 0.15) is 5.82 Å².